The fourth-order valence-electron chi connectivity index (χ4n) is 4.30. The van der Waals surface area contributed by atoms with Crippen LogP contribution in [0, 0.1) is 5.41 Å². The van der Waals surface area contributed by atoms with Crippen LogP contribution in [-0.2, 0) is 19.1 Å². The van der Waals surface area contributed by atoms with Crippen molar-refractivity contribution in [3.05, 3.63) is 0 Å². The first-order valence-corrected chi connectivity index (χ1v) is 10.00. The molecule has 2 amide bonds. The lowest BCUT2D eigenvalue weighted by Gasteiger charge is -2.45. The van der Waals surface area contributed by atoms with Gasteiger partial charge in [0.25, 0.3) is 5.91 Å². The largest absolute Gasteiger partial charge is 0.444 e. The Kier molecular flexibility index (Phi) is 6.59. The smallest absolute Gasteiger partial charge is 0.408 e. The maximum atomic E-state index is 15.0. The number of nitrogens with two attached hydrogens (primary N) is 1. The van der Waals surface area contributed by atoms with E-state index in [0.29, 0.717) is 12.8 Å². The third-order valence-electron chi connectivity index (χ3n) is 5.56. The van der Waals surface area contributed by atoms with Gasteiger partial charge in [-0.15, -0.1) is 0 Å². The summed E-state index contributed by atoms with van der Waals surface area (Å²) in [6, 6.07) is -1.38. The van der Waals surface area contributed by atoms with Crippen LogP contribution in [0.4, 0.5) is 18.0 Å². The van der Waals surface area contributed by atoms with E-state index < -0.39 is 71.5 Å². The van der Waals surface area contributed by atoms with Gasteiger partial charge >= 0.3 is 6.09 Å². The Morgan fingerprint density at radius 2 is 1.60 bits per heavy atom. The summed E-state index contributed by atoms with van der Waals surface area (Å²) in [5.41, 5.74) is 0.478. The highest BCUT2D eigenvalue weighted by Crippen LogP contribution is 2.55. The van der Waals surface area contributed by atoms with Gasteiger partial charge in [-0.2, -0.15) is 0 Å². The molecule has 0 spiro atoms. The lowest BCUT2D eigenvalue weighted by atomic mass is 9.60. The first-order valence-electron chi connectivity index (χ1n) is 10.00. The van der Waals surface area contributed by atoms with E-state index in [9.17, 15) is 28.0 Å². The molecule has 2 aliphatic carbocycles. The van der Waals surface area contributed by atoms with E-state index in [1.807, 2.05) is 0 Å². The molecule has 0 aromatic carbocycles. The first kappa shape index (κ1) is 24.1. The molecular weight excluding hydrogens is 405 g/mol. The molecule has 7 nitrogen and oxygen atoms in total. The van der Waals surface area contributed by atoms with Crippen molar-refractivity contribution in [3.8, 4) is 0 Å². The monoisotopic (exact) mass is 434 g/mol. The van der Waals surface area contributed by atoms with Crippen molar-refractivity contribution < 1.29 is 37.1 Å². The number of nitrogens with one attached hydrogen (secondary N) is 1. The minimum absolute atomic E-state index is 0.205. The molecule has 30 heavy (non-hydrogen) atoms. The number of carbonyl (C=O) groups excluding carboxylic acids is 4. The van der Waals surface area contributed by atoms with Gasteiger partial charge in [-0.05, 0) is 33.6 Å². The van der Waals surface area contributed by atoms with Gasteiger partial charge in [-0.1, -0.05) is 12.8 Å². The van der Waals surface area contributed by atoms with Gasteiger partial charge in [0, 0.05) is 25.7 Å². The second-order valence-electron chi connectivity index (χ2n) is 9.59. The number of halogens is 3. The molecule has 10 heteroatoms. The van der Waals surface area contributed by atoms with Crippen LogP contribution in [0.1, 0.15) is 72.1 Å². The molecule has 3 N–H and O–H groups in total. The third kappa shape index (κ3) is 5.95. The van der Waals surface area contributed by atoms with Crippen LogP contribution in [0.3, 0.4) is 0 Å². The molecule has 0 aliphatic heterocycles. The van der Waals surface area contributed by atoms with Gasteiger partial charge < -0.3 is 15.8 Å². The number of rotatable bonds is 8. The van der Waals surface area contributed by atoms with Crippen LogP contribution in [-0.4, -0.2) is 46.8 Å². The first-order chi connectivity index (χ1) is 13.6. The fourth-order valence-corrected chi connectivity index (χ4v) is 4.30. The normalized spacial score (nSPS) is 22.5. The Labute approximate surface area is 173 Å². The summed E-state index contributed by atoms with van der Waals surface area (Å²) in [5, 5.41) is 2.32. The van der Waals surface area contributed by atoms with Crippen molar-refractivity contribution in [1.29, 1.82) is 0 Å². The van der Waals surface area contributed by atoms with E-state index in [1.165, 1.54) is 0 Å². The molecule has 0 radical (unpaired) electrons. The van der Waals surface area contributed by atoms with Crippen molar-refractivity contribution in [2.45, 2.75) is 95.4 Å². The van der Waals surface area contributed by atoms with Crippen LogP contribution >= 0.6 is 0 Å². The summed E-state index contributed by atoms with van der Waals surface area (Å²) in [7, 11) is 0. The lowest BCUT2D eigenvalue weighted by molar-refractivity contribution is -0.182. The molecule has 1 atom stereocenters. The second-order valence-corrected chi connectivity index (χ2v) is 9.59. The summed E-state index contributed by atoms with van der Waals surface area (Å²) < 4.78 is 47.2. The highest BCUT2D eigenvalue weighted by molar-refractivity contribution is 6.38. The molecule has 2 aliphatic rings. The van der Waals surface area contributed by atoms with Crippen LogP contribution in [0.25, 0.3) is 0 Å². The van der Waals surface area contributed by atoms with Gasteiger partial charge in [-0.25, -0.2) is 18.0 Å². The Bertz CT molecular complexity index is 718. The maximum absolute atomic E-state index is 15.0. The minimum Gasteiger partial charge on any atom is -0.444 e. The molecule has 0 unspecified atom stereocenters. The van der Waals surface area contributed by atoms with E-state index >= 15 is 4.39 Å². The molecule has 2 saturated carbocycles. The van der Waals surface area contributed by atoms with Gasteiger partial charge in [0.1, 0.15) is 11.3 Å². The van der Waals surface area contributed by atoms with Gasteiger partial charge in [0.15, 0.2) is 5.78 Å². The van der Waals surface area contributed by atoms with E-state index in [0.717, 1.165) is 0 Å². The predicted octanol–water partition coefficient (Wildman–Crippen LogP) is 2.98. The molecule has 0 aromatic rings. The van der Waals surface area contributed by atoms with Crippen LogP contribution in [0.15, 0.2) is 0 Å². The minimum atomic E-state index is -3.20. The summed E-state index contributed by atoms with van der Waals surface area (Å²) in [6.07, 6.45) is -2.38. The zero-order valence-corrected chi connectivity index (χ0v) is 17.5. The highest BCUT2D eigenvalue weighted by Gasteiger charge is 2.62. The Balaban J connectivity index is 2.20. The molecule has 0 aromatic heterocycles. The summed E-state index contributed by atoms with van der Waals surface area (Å²) in [4.78, 5) is 48.6. The topological polar surface area (TPSA) is 116 Å². The number of hydrogen-bond acceptors (Lipinski definition) is 5. The SMILES string of the molecule is CC(C)(C)OC(=O)N[C@@H](CC1(F)CCCC1)C(=O)CC1(C(=O)C(N)=O)CC(F)(F)C1. The van der Waals surface area contributed by atoms with Crippen LogP contribution in [0.2, 0.25) is 0 Å². The molecule has 0 bridgehead atoms. The number of alkyl carbamates (subject to hydrolysis) is 1. The second kappa shape index (κ2) is 8.19. The number of alkyl halides is 3. The third-order valence-corrected chi connectivity index (χ3v) is 5.56. The van der Waals surface area contributed by atoms with E-state index in [2.05, 4.69) is 5.32 Å². The number of hydrogen-bond donors (Lipinski definition) is 2. The van der Waals surface area contributed by atoms with Gasteiger partial charge in [0.2, 0.25) is 11.7 Å². The molecule has 170 valence electrons. The zero-order chi connectivity index (χ0) is 23.0. The molecule has 0 saturated heterocycles. The highest BCUT2D eigenvalue weighted by atomic mass is 19.3. The maximum Gasteiger partial charge on any atom is 0.408 e. The average Bonchev–Trinajstić information content (AvgIpc) is 2.95. The Morgan fingerprint density at radius 1 is 1.07 bits per heavy atom. The van der Waals surface area contributed by atoms with E-state index in [1.54, 1.807) is 20.8 Å². The lowest BCUT2D eigenvalue weighted by Crippen LogP contribution is -2.57. The molecule has 2 fully saturated rings. The predicted molar refractivity (Wildman–Crippen MR) is 101 cm³/mol. The Morgan fingerprint density at radius 3 is 2.03 bits per heavy atom. The van der Waals surface area contributed by atoms with Crippen molar-refractivity contribution in [1.82, 2.24) is 5.32 Å². The van der Waals surface area contributed by atoms with E-state index in [4.69, 9.17) is 10.5 Å². The van der Waals surface area contributed by atoms with Crippen LogP contribution in [0.5, 0.6) is 0 Å². The number of ketones is 2. The summed E-state index contributed by atoms with van der Waals surface area (Å²) >= 11 is 0. The van der Waals surface area contributed by atoms with Gasteiger partial charge in [-0.3, -0.25) is 14.4 Å². The van der Waals surface area contributed by atoms with Gasteiger partial charge in [0.05, 0.1) is 11.5 Å². The number of Topliss-reactive ketones (excluding diaryl/α,β-unsaturated/α-hetero) is 2. The number of primary amides is 1. The van der Waals surface area contributed by atoms with Crippen molar-refractivity contribution >= 4 is 23.6 Å². The summed E-state index contributed by atoms with van der Waals surface area (Å²) in [6.45, 7) is 4.82. The Hall–Kier alpha value is -2.13. The number of amides is 2. The zero-order valence-electron chi connectivity index (χ0n) is 17.5. The fraction of sp³-hybridized carbons (Fsp3) is 0.800. The standard InChI is InChI=1S/C20H29F3N2O5/c1-17(2,3)30-16(29)25-12(8-19(21)6-4-5-7-19)13(26)9-18(14(27)15(24)28)10-20(22,23)11-18/h12H,4-11H2,1-3H3,(H2,24,28)(H,25,29)/t12-/m0/s1. The quantitative estimate of drug-likeness (QED) is 0.570. The van der Waals surface area contributed by atoms with E-state index in [-0.39, 0.29) is 19.3 Å². The molecular formula is C20H29F3N2O5. The molecule has 2 rings (SSSR count). The van der Waals surface area contributed by atoms with Crippen molar-refractivity contribution in [3.63, 3.8) is 0 Å². The van der Waals surface area contributed by atoms with Crippen LogP contribution < -0.4 is 11.1 Å². The summed E-state index contributed by atoms with van der Waals surface area (Å²) in [5.74, 6) is -6.68. The number of ether oxygens (including phenoxy) is 1. The molecule has 0 heterocycles. The average molecular weight is 434 g/mol. The number of carbonyl (C=O) groups is 4. The van der Waals surface area contributed by atoms with Crippen molar-refractivity contribution in [2.75, 3.05) is 0 Å². The van der Waals surface area contributed by atoms with Crippen molar-refractivity contribution in [2.24, 2.45) is 11.1 Å².